The van der Waals surface area contributed by atoms with Crippen molar-refractivity contribution >= 4 is 11.8 Å². The molecule has 0 unspecified atom stereocenters. The van der Waals surface area contributed by atoms with Crippen LogP contribution in [0.3, 0.4) is 0 Å². The van der Waals surface area contributed by atoms with Crippen molar-refractivity contribution in [3.05, 3.63) is 29.3 Å². The molecule has 1 saturated heterocycles. The second-order valence-electron chi connectivity index (χ2n) is 7.08. The maximum atomic E-state index is 12.2. The Balaban J connectivity index is 2.00. The first-order valence-electron chi connectivity index (χ1n) is 8.06. The Kier molecular flexibility index (Phi) is 4.99. The molecular weight excluding hydrogens is 276 g/mol. The summed E-state index contributed by atoms with van der Waals surface area (Å²) in [7, 11) is 0. The highest BCUT2D eigenvalue weighted by molar-refractivity contribution is 5.68. The third kappa shape index (κ3) is 4.39. The summed E-state index contributed by atoms with van der Waals surface area (Å²) in [6.07, 6.45) is 0.765. The smallest absolute Gasteiger partial charge is 0.410 e. The minimum atomic E-state index is -0.433. The zero-order valence-electron chi connectivity index (χ0n) is 14.5. The van der Waals surface area contributed by atoms with Crippen molar-refractivity contribution < 1.29 is 9.53 Å². The molecule has 0 aromatic heterocycles. The van der Waals surface area contributed by atoms with Crippen LogP contribution >= 0.6 is 0 Å². The molecule has 1 amide bonds. The average molecular weight is 304 g/mol. The number of benzene rings is 1. The number of ether oxygens (including phenoxy) is 1. The van der Waals surface area contributed by atoms with E-state index < -0.39 is 5.60 Å². The number of hydrogen-bond donors (Lipinski definition) is 0. The molecule has 0 radical (unpaired) electrons. The predicted octanol–water partition coefficient (Wildman–Crippen LogP) is 3.75. The Bertz CT molecular complexity index is 534. The second kappa shape index (κ2) is 6.59. The Hall–Kier alpha value is -1.71. The molecule has 1 aliphatic rings. The van der Waals surface area contributed by atoms with Gasteiger partial charge in [0, 0.05) is 31.9 Å². The summed E-state index contributed by atoms with van der Waals surface area (Å²) in [4.78, 5) is 16.4. The van der Waals surface area contributed by atoms with Crippen molar-refractivity contribution in [3.63, 3.8) is 0 Å². The van der Waals surface area contributed by atoms with E-state index in [2.05, 4.69) is 36.9 Å². The topological polar surface area (TPSA) is 32.8 Å². The second-order valence-corrected chi connectivity index (χ2v) is 7.08. The molecule has 122 valence electrons. The van der Waals surface area contributed by atoms with Crippen LogP contribution in [0.15, 0.2) is 18.2 Å². The van der Waals surface area contributed by atoms with Gasteiger partial charge in [-0.25, -0.2) is 4.79 Å². The fraction of sp³-hybridized carbons (Fsp3) is 0.611. The molecule has 2 rings (SSSR count). The van der Waals surface area contributed by atoms with Crippen LogP contribution in [0, 0.1) is 13.8 Å². The maximum Gasteiger partial charge on any atom is 0.410 e. The molecule has 0 saturated carbocycles. The first-order chi connectivity index (χ1) is 10.3. The molecule has 1 aromatic rings. The molecule has 0 atom stereocenters. The van der Waals surface area contributed by atoms with Gasteiger partial charge in [0.2, 0.25) is 0 Å². The summed E-state index contributed by atoms with van der Waals surface area (Å²) in [6, 6.07) is 6.57. The van der Waals surface area contributed by atoms with E-state index in [1.165, 1.54) is 16.8 Å². The number of anilines is 1. The molecule has 1 aromatic carbocycles. The normalized spacial score (nSPS) is 16.4. The van der Waals surface area contributed by atoms with Crippen molar-refractivity contribution in [2.75, 3.05) is 31.1 Å². The quantitative estimate of drug-likeness (QED) is 0.792. The lowest BCUT2D eigenvalue weighted by molar-refractivity contribution is 0.0263. The summed E-state index contributed by atoms with van der Waals surface area (Å²) in [5, 5.41) is 0. The number of carbonyl (C=O) groups excluding carboxylic acids is 1. The number of amides is 1. The van der Waals surface area contributed by atoms with Crippen LogP contribution in [0.4, 0.5) is 10.5 Å². The number of aryl methyl sites for hydroxylation is 2. The van der Waals surface area contributed by atoms with Crippen LogP contribution < -0.4 is 4.90 Å². The Labute approximate surface area is 134 Å². The van der Waals surface area contributed by atoms with Gasteiger partial charge in [-0.15, -0.1) is 0 Å². The number of carbonyl (C=O) groups is 1. The van der Waals surface area contributed by atoms with E-state index in [1.54, 1.807) is 0 Å². The zero-order chi connectivity index (χ0) is 16.3. The molecule has 0 aliphatic carbocycles. The fourth-order valence-electron chi connectivity index (χ4n) is 2.61. The van der Waals surface area contributed by atoms with Gasteiger partial charge in [-0.2, -0.15) is 0 Å². The first-order valence-corrected chi connectivity index (χ1v) is 8.06. The van der Waals surface area contributed by atoms with E-state index in [0.29, 0.717) is 6.54 Å². The predicted molar refractivity (Wildman–Crippen MR) is 90.6 cm³/mol. The molecule has 1 heterocycles. The summed E-state index contributed by atoms with van der Waals surface area (Å²) >= 11 is 0. The van der Waals surface area contributed by atoms with E-state index in [1.807, 2.05) is 25.7 Å². The molecule has 0 spiro atoms. The number of rotatable bonds is 1. The fourth-order valence-corrected chi connectivity index (χ4v) is 2.61. The van der Waals surface area contributed by atoms with Gasteiger partial charge in [0.15, 0.2) is 0 Å². The Morgan fingerprint density at radius 2 is 1.77 bits per heavy atom. The molecule has 22 heavy (non-hydrogen) atoms. The highest BCUT2D eigenvalue weighted by Gasteiger charge is 2.24. The van der Waals surface area contributed by atoms with Crippen LogP contribution in [0.2, 0.25) is 0 Å². The standard InChI is InChI=1S/C18H28N2O2/c1-14-7-8-16(13-15(14)2)19-9-6-10-20(12-11-19)17(21)22-18(3,4)5/h7-8,13H,6,9-12H2,1-5H3. The molecule has 1 aliphatic heterocycles. The number of nitrogens with zero attached hydrogens (tertiary/aromatic N) is 2. The number of hydrogen-bond acceptors (Lipinski definition) is 3. The highest BCUT2D eigenvalue weighted by Crippen LogP contribution is 2.21. The van der Waals surface area contributed by atoms with E-state index in [9.17, 15) is 4.79 Å². The summed E-state index contributed by atoms with van der Waals surface area (Å²) in [5.74, 6) is 0. The van der Waals surface area contributed by atoms with Gasteiger partial charge in [0.1, 0.15) is 5.60 Å². The lowest BCUT2D eigenvalue weighted by Crippen LogP contribution is -2.39. The Morgan fingerprint density at radius 1 is 1.05 bits per heavy atom. The van der Waals surface area contributed by atoms with Gasteiger partial charge in [0.05, 0.1) is 0 Å². The van der Waals surface area contributed by atoms with E-state index >= 15 is 0 Å². The van der Waals surface area contributed by atoms with E-state index in [-0.39, 0.29) is 6.09 Å². The summed E-state index contributed by atoms with van der Waals surface area (Å²) < 4.78 is 5.48. The average Bonchev–Trinajstić information content (AvgIpc) is 2.66. The SMILES string of the molecule is Cc1ccc(N2CCCN(C(=O)OC(C)(C)C)CC2)cc1C. The lowest BCUT2D eigenvalue weighted by atomic mass is 10.1. The van der Waals surface area contributed by atoms with Gasteiger partial charge in [-0.3, -0.25) is 0 Å². The molecule has 0 bridgehead atoms. The van der Waals surface area contributed by atoms with Crippen molar-refractivity contribution in [3.8, 4) is 0 Å². The molecule has 4 heteroatoms. The van der Waals surface area contributed by atoms with Crippen LogP contribution in [0.1, 0.15) is 38.3 Å². The minimum Gasteiger partial charge on any atom is -0.444 e. The van der Waals surface area contributed by atoms with Crippen LogP contribution in [0.5, 0.6) is 0 Å². The van der Waals surface area contributed by atoms with Crippen molar-refractivity contribution in [1.82, 2.24) is 4.90 Å². The largest absolute Gasteiger partial charge is 0.444 e. The van der Waals surface area contributed by atoms with Crippen molar-refractivity contribution in [2.24, 2.45) is 0 Å². The molecule has 4 nitrogen and oxygen atoms in total. The first kappa shape index (κ1) is 16.7. The van der Waals surface area contributed by atoms with Gasteiger partial charge < -0.3 is 14.5 Å². The molecular formula is C18H28N2O2. The third-order valence-corrected chi connectivity index (χ3v) is 4.00. The lowest BCUT2D eigenvalue weighted by Gasteiger charge is -2.27. The van der Waals surface area contributed by atoms with Crippen LogP contribution in [0.25, 0.3) is 0 Å². The van der Waals surface area contributed by atoms with E-state index in [4.69, 9.17) is 4.74 Å². The molecule has 1 fully saturated rings. The van der Waals surface area contributed by atoms with E-state index in [0.717, 1.165) is 26.1 Å². The van der Waals surface area contributed by atoms with Crippen LogP contribution in [-0.2, 0) is 4.74 Å². The minimum absolute atomic E-state index is 0.200. The summed E-state index contributed by atoms with van der Waals surface area (Å²) in [5.41, 5.74) is 3.44. The van der Waals surface area contributed by atoms with Crippen molar-refractivity contribution in [2.45, 2.75) is 46.6 Å². The maximum absolute atomic E-state index is 12.2. The monoisotopic (exact) mass is 304 g/mol. The van der Waals surface area contributed by atoms with Crippen molar-refractivity contribution in [1.29, 1.82) is 0 Å². The molecule has 0 N–H and O–H groups in total. The third-order valence-electron chi connectivity index (χ3n) is 4.00. The van der Waals surface area contributed by atoms with Crippen LogP contribution in [-0.4, -0.2) is 42.8 Å². The van der Waals surface area contributed by atoms with Gasteiger partial charge in [-0.1, -0.05) is 6.07 Å². The highest BCUT2D eigenvalue weighted by atomic mass is 16.6. The Morgan fingerprint density at radius 3 is 2.41 bits per heavy atom. The summed E-state index contributed by atoms with van der Waals surface area (Å²) in [6.45, 7) is 13.3. The zero-order valence-corrected chi connectivity index (χ0v) is 14.5. The van der Waals surface area contributed by atoms with Gasteiger partial charge >= 0.3 is 6.09 Å². The van der Waals surface area contributed by atoms with Gasteiger partial charge in [0.25, 0.3) is 0 Å². The van der Waals surface area contributed by atoms with Gasteiger partial charge in [-0.05, 0) is 64.3 Å².